The van der Waals surface area contributed by atoms with Gasteiger partial charge in [-0.2, -0.15) is 0 Å². The smallest absolute Gasteiger partial charge is 0.266 e. The van der Waals surface area contributed by atoms with Crippen molar-refractivity contribution < 1.29 is 4.39 Å². The van der Waals surface area contributed by atoms with Gasteiger partial charge in [0.1, 0.15) is 5.82 Å². The molecular weight excluding hydrogens is 347 g/mol. The Morgan fingerprint density at radius 1 is 1.04 bits per heavy atom. The molecule has 0 atom stereocenters. The molecule has 3 aromatic rings. The summed E-state index contributed by atoms with van der Waals surface area (Å²) in [7, 11) is 0. The maximum absolute atomic E-state index is 14.4. The Balaban J connectivity index is 1.80. The van der Waals surface area contributed by atoms with E-state index in [1.54, 1.807) is 36.0 Å². The number of benzene rings is 2. The number of aromatic nitrogens is 2. The second kappa shape index (κ2) is 7.62. The van der Waals surface area contributed by atoms with Crippen LogP contribution in [0.3, 0.4) is 0 Å². The van der Waals surface area contributed by atoms with Crippen LogP contribution >= 0.6 is 11.8 Å². The van der Waals surface area contributed by atoms with E-state index in [1.165, 1.54) is 42.7 Å². The monoisotopic (exact) mass is 368 g/mol. The molecule has 0 aliphatic heterocycles. The number of hydrogen-bond donors (Lipinski definition) is 0. The summed E-state index contributed by atoms with van der Waals surface area (Å²) in [6.07, 6.45) is 6.32. The van der Waals surface area contributed by atoms with Crippen LogP contribution in [0.2, 0.25) is 0 Å². The molecule has 1 saturated carbocycles. The van der Waals surface area contributed by atoms with Crippen LogP contribution in [0.5, 0.6) is 0 Å². The molecule has 5 heteroatoms. The molecule has 0 spiro atoms. The van der Waals surface area contributed by atoms with Crippen molar-refractivity contribution in [3.8, 4) is 5.69 Å². The quantitative estimate of drug-likeness (QED) is 0.469. The van der Waals surface area contributed by atoms with Gasteiger partial charge in [-0.15, -0.1) is 0 Å². The van der Waals surface area contributed by atoms with E-state index >= 15 is 0 Å². The van der Waals surface area contributed by atoms with Crippen LogP contribution in [0.15, 0.2) is 58.5 Å². The van der Waals surface area contributed by atoms with Crippen molar-refractivity contribution in [2.24, 2.45) is 5.92 Å². The van der Waals surface area contributed by atoms with Gasteiger partial charge in [0.05, 0.1) is 16.6 Å². The predicted octanol–water partition coefficient (Wildman–Crippen LogP) is 5.20. The zero-order valence-electron chi connectivity index (χ0n) is 14.5. The number of nitrogens with zero attached hydrogens (tertiary/aromatic N) is 2. The van der Waals surface area contributed by atoms with E-state index in [0.29, 0.717) is 22.0 Å². The lowest BCUT2D eigenvalue weighted by Crippen LogP contribution is -2.23. The molecule has 0 radical (unpaired) electrons. The molecule has 0 bridgehead atoms. The standard InChI is InChI=1S/C21H21FN2OS/c22-17-11-5-7-13-19(17)24-20(25)16-10-4-6-12-18(16)23-21(24)26-14-15-8-2-1-3-9-15/h4-7,10-13,15H,1-3,8-9,14H2. The minimum Gasteiger partial charge on any atom is -0.268 e. The van der Waals surface area contributed by atoms with E-state index in [2.05, 4.69) is 0 Å². The summed E-state index contributed by atoms with van der Waals surface area (Å²) in [6, 6.07) is 13.7. The zero-order valence-corrected chi connectivity index (χ0v) is 15.3. The van der Waals surface area contributed by atoms with Gasteiger partial charge >= 0.3 is 0 Å². The number of rotatable bonds is 4. The Morgan fingerprint density at radius 2 is 1.77 bits per heavy atom. The van der Waals surface area contributed by atoms with E-state index in [9.17, 15) is 9.18 Å². The van der Waals surface area contributed by atoms with Crippen LogP contribution in [0.4, 0.5) is 4.39 Å². The first-order valence-corrected chi connectivity index (χ1v) is 10.1. The van der Waals surface area contributed by atoms with E-state index in [4.69, 9.17) is 4.98 Å². The molecule has 1 aromatic heterocycles. The molecule has 1 heterocycles. The van der Waals surface area contributed by atoms with E-state index in [0.717, 1.165) is 5.75 Å². The first-order valence-electron chi connectivity index (χ1n) is 9.13. The second-order valence-corrected chi connectivity index (χ2v) is 7.81. The minimum absolute atomic E-state index is 0.216. The largest absolute Gasteiger partial charge is 0.268 e. The van der Waals surface area contributed by atoms with E-state index in [1.807, 2.05) is 18.2 Å². The van der Waals surface area contributed by atoms with Gasteiger partial charge in [0.25, 0.3) is 5.56 Å². The Hall–Kier alpha value is -2.14. The second-order valence-electron chi connectivity index (χ2n) is 6.82. The Bertz CT molecular complexity index is 979. The summed E-state index contributed by atoms with van der Waals surface area (Å²) in [5, 5.41) is 1.09. The van der Waals surface area contributed by atoms with Crippen molar-refractivity contribution >= 4 is 22.7 Å². The molecule has 0 amide bonds. The summed E-state index contributed by atoms with van der Waals surface area (Å²) in [5.41, 5.74) is 0.713. The highest BCUT2D eigenvalue weighted by Crippen LogP contribution is 2.30. The lowest BCUT2D eigenvalue weighted by molar-refractivity contribution is 0.390. The summed E-state index contributed by atoms with van der Waals surface area (Å²) in [4.78, 5) is 17.8. The SMILES string of the molecule is O=c1c2ccccc2nc(SCC2CCCCC2)n1-c1ccccc1F. The summed E-state index contributed by atoms with van der Waals surface area (Å²) < 4.78 is 15.9. The summed E-state index contributed by atoms with van der Waals surface area (Å²) in [6.45, 7) is 0. The van der Waals surface area contributed by atoms with Crippen molar-refractivity contribution in [1.82, 2.24) is 9.55 Å². The molecule has 0 unspecified atom stereocenters. The van der Waals surface area contributed by atoms with Gasteiger partial charge in [-0.25, -0.2) is 9.37 Å². The van der Waals surface area contributed by atoms with Crippen LogP contribution in [-0.2, 0) is 0 Å². The lowest BCUT2D eigenvalue weighted by Gasteiger charge is -2.21. The fraction of sp³-hybridized carbons (Fsp3) is 0.333. The molecule has 26 heavy (non-hydrogen) atoms. The number of fused-ring (bicyclic) bond motifs is 1. The molecule has 1 aliphatic rings. The molecule has 0 saturated heterocycles. The average molecular weight is 368 g/mol. The highest BCUT2D eigenvalue weighted by atomic mass is 32.2. The van der Waals surface area contributed by atoms with Crippen molar-refractivity contribution in [3.05, 3.63) is 64.7 Å². The predicted molar refractivity (Wildman–Crippen MR) is 105 cm³/mol. The van der Waals surface area contributed by atoms with Gasteiger partial charge in [0, 0.05) is 5.75 Å². The first kappa shape index (κ1) is 17.3. The third-order valence-electron chi connectivity index (χ3n) is 5.01. The van der Waals surface area contributed by atoms with Crippen molar-refractivity contribution in [1.29, 1.82) is 0 Å². The topological polar surface area (TPSA) is 34.9 Å². The molecule has 134 valence electrons. The first-order chi connectivity index (χ1) is 12.7. The lowest BCUT2D eigenvalue weighted by atomic mass is 9.91. The minimum atomic E-state index is -0.411. The van der Waals surface area contributed by atoms with Crippen LogP contribution in [-0.4, -0.2) is 15.3 Å². The molecule has 0 N–H and O–H groups in total. The molecule has 1 aliphatic carbocycles. The van der Waals surface area contributed by atoms with Crippen molar-refractivity contribution in [2.75, 3.05) is 5.75 Å². The van der Waals surface area contributed by atoms with Crippen molar-refractivity contribution in [3.63, 3.8) is 0 Å². The van der Waals surface area contributed by atoms with E-state index < -0.39 is 5.82 Å². The highest BCUT2D eigenvalue weighted by Gasteiger charge is 2.19. The molecule has 3 nitrogen and oxygen atoms in total. The zero-order chi connectivity index (χ0) is 17.9. The van der Waals surface area contributed by atoms with Gasteiger partial charge < -0.3 is 0 Å². The van der Waals surface area contributed by atoms with Gasteiger partial charge in [-0.1, -0.05) is 55.3 Å². The van der Waals surface area contributed by atoms with Crippen LogP contribution in [0.1, 0.15) is 32.1 Å². The van der Waals surface area contributed by atoms with Crippen LogP contribution < -0.4 is 5.56 Å². The van der Waals surface area contributed by atoms with Gasteiger partial charge in [0.2, 0.25) is 0 Å². The maximum atomic E-state index is 14.4. The highest BCUT2D eigenvalue weighted by molar-refractivity contribution is 7.99. The van der Waals surface area contributed by atoms with Crippen LogP contribution in [0.25, 0.3) is 16.6 Å². The van der Waals surface area contributed by atoms with Gasteiger partial charge in [-0.3, -0.25) is 9.36 Å². The fourth-order valence-electron chi connectivity index (χ4n) is 3.60. The summed E-state index contributed by atoms with van der Waals surface area (Å²) >= 11 is 1.57. The molecule has 2 aromatic carbocycles. The third kappa shape index (κ3) is 3.40. The van der Waals surface area contributed by atoms with Gasteiger partial charge in [-0.05, 0) is 43.0 Å². The number of para-hydroxylation sites is 2. The molecular formula is C21H21FN2OS. The Labute approximate surface area is 156 Å². The number of thioether (sulfide) groups is 1. The number of halogens is 1. The Morgan fingerprint density at radius 3 is 2.58 bits per heavy atom. The maximum Gasteiger partial charge on any atom is 0.266 e. The molecule has 4 rings (SSSR count). The Kier molecular flexibility index (Phi) is 5.07. The fourth-order valence-corrected chi connectivity index (χ4v) is 4.79. The average Bonchev–Trinajstić information content (AvgIpc) is 2.68. The van der Waals surface area contributed by atoms with Crippen molar-refractivity contribution in [2.45, 2.75) is 37.3 Å². The number of hydrogen-bond acceptors (Lipinski definition) is 3. The normalized spacial score (nSPS) is 15.4. The van der Waals surface area contributed by atoms with E-state index in [-0.39, 0.29) is 11.2 Å². The summed E-state index contributed by atoms with van der Waals surface area (Å²) in [5.74, 6) is 1.15. The molecule has 1 fully saturated rings. The van der Waals surface area contributed by atoms with Crippen LogP contribution in [0, 0.1) is 11.7 Å². The van der Waals surface area contributed by atoms with Gasteiger partial charge in [0.15, 0.2) is 5.16 Å². The third-order valence-corrected chi connectivity index (χ3v) is 6.18.